The van der Waals surface area contributed by atoms with E-state index in [4.69, 9.17) is 19.4 Å². The highest BCUT2D eigenvalue weighted by atomic mass is 16.3. The molecule has 57 heavy (non-hydrogen) atoms. The van der Waals surface area contributed by atoms with Crippen molar-refractivity contribution in [2.45, 2.75) is 37.5 Å². The molecule has 0 aliphatic heterocycles. The summed E-state index contributed by atoms with van der Waals surface area (Å²) >= 11 is 0. The van der Waals surface area contributed by atoms with E-state index in [1.165, 1.54) is 52.6 Å². The van der Waals surface area contributed by atoms with Crippen molar-refractivity contribution >= 4 is 21.9 Å². The molecule has 0 atom stereocenters. The predicted octanol–water partition coefficient (Wildman–Crippen LogP) is 13.2. The second-order valence-electron chi connectivity index (χ2n) is 15.4. The summed E-state index contributed by atoms with van der Waals surface area (Å²) in [4.78, 5) is 15.1. The molecule has 0 radical (unpaired) electrons. The van der Waals surface area contributed by atoms with Gasteiger partial charge < -0.3 is 4.42 Å². The lowest BCUT2D eigenvalue weighted by molar-refractivity contribution is 0.353. The first-order valence-corrected chi connectivity index (χ1v) is 19.8. The fourth-order valence-electron chi connectivity index (χ4n) is 9.39. The molecule has 0 bridgehead atoms. The molecule has 0 unspecified atom stereocenters. The molecule has 1 fully saturated rings. The minimum absolute atomic E-state index is 0.0208. The standard InChI is InChI=1S/C52H36N4O/c53-32-33-19-25-40-41-26-24-39(31-46(41)52(45(40)29-33)27-7-2-8-28-52)38-14-9-13-37(30-38)34-20-22-36(23-21-34)50-54-49(35-11-3-1-4-12-35)55-51(56-50)44-17-10-16-43-42-15-5-6-18-47(42)57-48(43)44/h1,3-6,9-26,29-31H,2,7-8,27-28H2. The molecule has 2 aromatic heterocycles. The zero-order chi connectivity index (χ0) is 37.9. The molecule has 2 aliphatic carbocycles. The van der Waals surface area contributed by atoms with Gasteiger partial charge in [-0.2, -0.15) is 5.26 Å². The monoisotopic (exact) mass is 732 g/mol. The first-order valence-electron chi connectivity index (χ1n) is 19.8. The van der Waals surface area contributed by atoms with Gasteiger partial charge in [0, 0.05) is 27.3 Å². The van der Waals surface area contributed by atoms with Crippen LogP contribution >= 0.6 is 0 Å². The fraction of sp³-hybridized carbons (Fsp3) is 0.115. The van der Waals surface area contributed by atoms with Crippen molar-refractivity contribution in [1.29, 1.82) is 5.26 Å². The largest absolute Gasteiger partial charge is 0.455 e. The minimum atomic E-state index is -0.0208. The van der Waals surface area contributed by atoms with E-state index in [-0.39, 0.29) is 5.41 Å². The van der Waals surface area contributed by atoms with E-state index in [0.717, 1.165) is 68.2 Å². The van der Waals surface area contributed by atoms with Gasteiger partial charge in [0.05, 0.1) is 17.2 Å². The van der Waals surface area contributed by atoms with E-state index in [1.807, 2.05) is 66.7 Å². The van der Waals surface area contributed by atoms with E-state index >= 15 is 0 Å². The lowest BCUT2D eigenvalue weighted by atomic mass is 9.67. The smallest absolute Gasteiger partial charge is 0.167 e. The maximum atomic E-state index is 9.76. The van der Waals surface area contributed by atoms with Gasteiger partial charge in [-0.1, -0.05) is 141 Å². The molecular weight excluding hydrogens is 697 g/mol. The van der Waals surface area contributed by atoms with Crippen LogP contribution in [-0.2, 0) is 5.41 Å². The van der Waals surface area contributed by atoms with Crippen molar-refractivity contribution in [3.8, 4) is 73.6 Å². The average molecular weight is 733 g/mol. The van der Waals surface area contributed by atoms with Crippen LogP contribution in [-0.4, -0.2) is 15.0 Å². The summed E-state index contributed by atoms with van der Waals surface area (Å²) in [5.41, 5.74) is 15.0. The van der Waals surface area contributed by atoms with E-state index in [2.05, 4.69) is 97.1 Å². The lowest BCUT2D eigenvalue weighted by Gasteiger charge is -2.36. The third kappa shape index (κ3) is 5.48. The Morgan fingerprint density at radius 1 is 0.456 bits per heavy atom. The molecular formula is C52H36N4O. The zero-order valence-electron chi connectivity index (χ0n) is 31.2. The summed E-state index contributed by atoms with van der Waals surface area (Å²) in [5.74, 6) is 1.78. The Labute approximate surface area is 331 Å². The van der Waals surface area contributed by atoms with Gasteiger partial charge in [0.2, 0.25) is 0 Å². The molecule has 2 aliphatic rings. The Balaban J connectivity index is 0.957. The number of para-hydroxylation sites is 2. The van der Waals surface area contributed by atoms with Crippen LogP contribution in [0.1, 0.15) is 48.8 Å². The highest BCUT2D eigenvalue weighted by molar-refractivity contribution is 6.09. The summed E-state index contributed by atoms with van der Waals surface area (Å²) < 4.78 is 6.40. The van der Waals surface area contributed by atoms with Crippen LogP contribution in [0.4, 0.5) is 0 Å². The second-order valence-corrected chi connectivity index (χ2v) is 15.4. The Hall–Kier alpha value is -7.16. The number of hydrogen-bond acceptors (Lipinski definition) is 5. The predicted molar refractivity (Wildman–Crippen MR) is 228 cm³/mol. The van der Waals surface area contributed by atoms with Gasteiger partial charge in [-0.15, -0.1) is 0 Å². The van der Waals surface area contributed by atoms with Crippen LogP contribution in [0, 0.1) is 11.3 Å². The number of aromatic nitrogens is 3. The summed E-state index contributed by atoms with van der Waals surface area (Å²) in [5, 5.41) is 11.9. The number of hydrogen-bond donors (Lipinski definition) is 0. The van der Waals surface area contributed by atoms with Crippen molar-refractivity contribution in [3.63, 3.8) is 0 Å². The maximum Gasteiger partial charge on any atom is 0.167 e. The number of furan rings is 1. The van der Waals surface area contributed by atoms with Crippen LogP contribution in [0.25, 0.3) is 89.5 Å². The van der Waals surface area contributed by atoms with E-state index in [1.54, 1.807) is 0 Å². The van der Waals surface area contributed by atoms with Gasteiger partial charge in [-0.25, -0.2) is 15.0 Å². The van der Waals surface area contributed by atoms with Crippen molar-refractivity contribution in [1.82, 2.24) is 15.0 Å². The molecule has 7 aromatic carbocycles. The number of benzene rings is 7. The van der Waals surface area contributed by atoms with Crippen molar-refractivity contribution < 1.29 is 4.42 Å². The van der Waals surface area contributed by atoms with Crippen molar-refractivity contribution in [2.24, 2.45) is 0 Å². The SMILES string of the molecule is N#Cc1ccc2c(c1)C1(CCCCC1)c1cc(-c3cccc(-c4ccc(-c5nc(-c6ccccc6)nc(-c6cccc7c6oc6ccccc67)n5)cc4)c3)ccc1-2. The van der Waals surface area contributed by atoms with Crippen LogP contribution in [0.3, 0.4) is 0 Å². The Kier molecular flexibility index (Phi) is 7.72. The van der Waals surface area contributed by atoms with Gasteiger partial charge in [0.25, 0.3) is 0 Å². The Morgan fingerprint density at radius 3 is 1.82 bits per heavy atom. The average Bonchev–Trinajstić information content (AvgIpc) is 3.79. The first-order chi connectivity index (χ1) is 28.1. The van der Waals surface area contributed by atoms with E-state index in [0.29, 0.717) is 17.5 Å². The second kappa shape index (κ2) is 13.3. The summed E-state index contributed by atoms with van der Waals surface area (Å²) in [6, 6.07) is 57.4. The molecule has 5 heteroatoms. The van der Waals surface area contributed by atoms with Crippen molar-refractivity contribution in [3.05, 3.63) is 174 Å². The molecule has 0 amide bonds. The van der Waals surface area contributed by atoms with E-state index < -0.39 is 0 Å². The molecule has 11 rings (SSSR count). The van der Waals surface area contributed by atoms with Crippen LogP contribution in [0.2, 0.25) is 0 Å². The Bertz CT molecular complexity index is 3060. The number of fused-ring (bicyclic) bond motifs is 8. The molecule has 0 saturated heterocycles. The molecule has 5 nitrogen and oxygen atoms in total. The maximum absolute atomic E-state index is 9.76. The third-order valence-corrected chi connectivity index (χ3v) is 12.2. The van der Waals surface area contributed by atoms with Crippen molar-refractivity contribution in [2.75, 3.05) is 0 Å². The Morgan fingerprint density at radius 2 is 1.04 bits per heavy atom. The van der Waals surface area contributed by atoms with Crippen LogP contribution < -0.4 is 0 Å². The highest BCUT2D eigenvalue weighted by Crippen LogP contribution is 2.56. The summed E-state index contributed by atoms with van der Waals surface area (Å²) in [6.07, 6.45) is 5.95. The summed E-state index contributed by atoms with van der Waals surface area (Å²) in [6.45, 7) is 0. The summed E-state index contributed by atoms with van der Waals surface area (Å²) in [7, 11) is 0. The third-order valence-electron chi connectivity index (χ3n) is 12.2. The number of nitriles is 1. The molecule has 2 heterocycles. The molecule has 1 spiro atoms. The first kappa shape index (κ1) is 33.2. The molecule has 1 saturated carbocycles. The highest BCUT2D eigenvalue weighted by Gasteiger charge is 2.44. The number of rotatable bonds is 5. The lowest BCUT2D eigenvalue weighted by Crippen LogP contribution is -2.28. The van der Waals surface area contributed by atoms with Gasteiger partial charge >= 0.3 is 0 Å². The number of nitrogens with zero attached hydrogens (tertiary/aromatic N) is 4. The van der Waals surface area contributed by atoms with Gasteiger partial charge in [0.15, 0.2) is 17.5 Å². The molecule has 9 aromatic rings. The van der Waals surface area contributed by atoms with Crippen LogP contribution in [0.15, 0.2) is 162 Å². The van der Waals surface area contributed by atoms with Gasteiger partial charge in [-0.3, -0.25) is 0 Å². The minimum Gasteiger partial charge on any atom is -0.455 e. The van der Waals surface area contributed by atoms with Gasteiger partial charge in [0.1, 0.15) is 11.2 Å². The molecule has 0 N–H and O–H groups in total. The quantitative estimate of drug-likeness (QED) is 0.176. The normalized spacial score (nSPS) is 14.1. The zero-order valence-corrected chi connectivity index (χ0v) is 31.2. The fourth-order valence-corrected chi connectivity index (χ4v) is 9.39. The topological polar surface area (TPSA) is 75.6 Å². The van der Waals surface area contributed by atoms with Gasteiger partial charge in [-0.05, 0) is 93.7 Å². The molecule has 270 valence electrons. The van der Waals surface area contributed by atoms with Crippen LogP contribution in [0.5, 0.6) is 0 Å². The van der Waals surface area contributed by atoms with E-state index in [9.17, 15) is 5.26 Å².